The van der Waals surface area contributed by atoms with Crippen molar-refractivity contribution in [3.05, 3.63) is 23.3 Å². The van der Waals surface area contributed by atoms with E-state index in [0.29, 0.717) is 11.5 Å². The van der Waals surface area contributed by atoms with Gasteiger partial charge in [0.1, 0.15) is 11.5 Å². The Kier molecular flexibility index (Phi) is 4.82. The second-order valence-electron chi connectivity index (χ2n) is 3.77. The zero-order valence-electron chi connectivity index (χ0n) is 10.4. The maximum absolute atomic E-state index is 11.0. The molecule has 0 heterocycles. The first-order chi connectivity index (χ1) is 8.13. The minimum absolute atomic E-state index is 0.180. The predicted molar refractivity (Wildman–Crippen MR) is 65.1 cm³/mol. The van der Waals surface area contributed by atoms with E-state index in [1.807, 2.05) is 0 Å². The maximum Gasteiger partial charge on any atom is 0.335 e. The van der Waals surface area contributed by atoms with Crippen LogP contribution < -0.4 is 9.47 Å². The summed E-state index contributed by atoms with van der Waals surface area (Å²) in [5.41, 5.74) is 1.11. The van der Waals surface area contributed by atoms with Gasteiger partial charge in [-0.05, 0) is 25.0 Å². The van der Waals surface area contributed by atoms with Gasteiger partial charge in [0.2, 0.25) is 0 Å². The molecule has 0 saturated carbocycles. The van der Waals surface area contributed by atoms with Crippen LogP contribution >= 0.6 is 0 Å². The van der Waals surface area contributed by atoms with Gasteiger partial charge >= 0.3 is 5.97 Å². The van der Waals surface area contributed by atoms with E-state index in [4.69, 9.17) is 14.6 Å². The summed E-state index contributed by atoms with van der Waals surface area (Å²) < 4.78 is 10.5. The van der Waals surface area contributed by atoms with E-state index in [0.717, 1.165) is 24.8 Å². The highest BCUT2D eigenvalue weighted by atomic mass is 16.5. The summed E-state index contributed by atoms with van der Waals surface area (Å²) in [5, 5.41) is 8.98. The number of unbranched alkanes of at least 4 members (excludes halogenated alkanes) is 1. The normalized spacial score (nSPS) is 10.1. The first-order valence-electron chi connectivity index (χ1n) is 5.62. The second kappa shape index (κ2) is 6.13. The Morgan fingerprint density at radius 2 is 1.76 bits per heavy atom. The minimum atomic E-state index is -0.983. The van der Waals surface area contributed by atoms with Gasteiger partial charge in [0.15, 0.2) is 0 Å². The molecule has 0 spiro atoms. The Morgan fingerprint density at radius 1 is 1.24 bits per heavy atom. The molecule has 0 aromatic heterocycles. The Labute approximate surface area is 101 Å². The van der Waals surface area contributed by atoms with Crippen LogP contribution in [0.15, 0.2) is 12.1 Å². The van der Waals surface area contributed by atoms with Crippen LogP contribution in [0.2, 0.25) is 0 Å². The summed E-state index contributed by atoms with van der Waals surface area (Å²) in [5.74, 6) is 0.175. The number of carboxylic acid groups (broad SMARTS) is 1. The molecule has 0 amide bonds. The molecule has 1 N–H and O–H groups in total. The fraction of sp³-hybridized carbons (Fsp3) is 0.462. The molecule has 1 aromatic rings. The average Bonchev–Trinajstić information content (AvgIpc) is 2.34. The number of rotatable bonds is 6. The molecule has 4 nitrogen and oxygen atoms in total. The zero-order valence-corrected chi connectivity index (χ0v) is 10.4. The Balaban J connectivity index is 3.21. The van der Waals surface area contributed by atoms with Gasteiger partial charge in [0, 0.05) is 5.56 Å². The van der Waals surface area contributed by atoms with Crippen LogP contribution in [0.5, 0.6) is 11.5 Å². The van der Waals surface area contributed by atoms with Crippen molar-refractivity contribution in [1.82, 2.24) is 0 Å². The zero-order chi connectivity index (χ0) is 12.8. The third-order valence-corrected chi connectivity index (χ3v) is 2.64. The quantitative estimate of drug-likeness (QED) is 0.828. The van der Waals surface area contributed by atoms with Gasteiger partial charge in [-0.2, -0.15) is 0 Å². The largest absolute Gasteiger partial charge is 0.496 e. The summed E-state index contributed by atoms with van der Waals surface area (Å²) in [6.45, 7) is 2.10. The third kappa shape index (κ3) is 3.12. The molecule has 0 fully saturated rings. The number of carboxylic acids is 1. The van der Waals surface area contributed by atoms with E-state index in [-0.39, 0.29) is 5.56 Å². The molecule has 0 aliphatic carbocycles. The average molecular weight is 238 g/mol. The second-order valence-corrected chi connectivity index (χ2v) is 3.77. The molecule has 4 heteroatoms. The number of hydrogen-bond acceptors (Lipinski definition) is 3. The highest BCUT2D eigenvalue weighted by Crippen LogP contribution is 2.32. The van der Waals surface area contributed by atoms with Gasteiger partial charge in [-0.3, -0.25) is 0 Å². The number of ether oxygens (including phenoxy) is 2. The lowest BCUT2D eigenvalue weighted by molar-refractivity contribution is 0.0696. The topological polar surface area (TPSA) is 55.8 Å². The monoisotopic (exact) mass is 238 g/mol. The molecule has 0 aliphatic rings. The van der Waals surface area contributed by atoms with Gasteiger partial charge in [0.05, 0.1) is 19.8 Å². The van der Waals surface area contributed by atoms with Crippen LogP contribution in [0, 0.1) is 0 Å². The van der Waals surface area contributed by atoms with Crippen LogP contribution in [-0.2, 0) is 6.42 Å². The summed E-state index contributed by atoms with van der Waals surface area (Å²) in [4.78, 5) is 11.0. The maximum atomic E-state index is 11.0. The van der Waals surface area contributed by atoms with Crippen LogP contribution in [0.4, 0.5) is 0 Å². The molecular formula is C13H18O4. The van der Waals surface area contributed by atoms with Gasteiger partial charge in [-0.25, -0.2) is 4.79 Å². The lowest BCUT2D eigenvalue weighted by Gasteiger charge is -2.14. The standard InChI is InChI=1S/C13H18O4/c1-4-5-6-10-11(16-2)7-9(13(14)15)8-12(10)17-3/h7-8H,4-6H2,1-3H3,(H,14,15). The smallest absolute Gasteiger partial charge is 0.335 e. The fourth-order valence-corrected chi connectivity index (χ4v) is 1.71. The summed E-state index contributed by atoms with van der Waals surface area (Å²) >= 11 is 0. The number of aromatic carboxylic acids is 1. The fourth-order valence-electron chi connectivity index (χ4n) is 1.71. The van der Waals surface area contributed by atoms with Crippen molar-refractivity contribution in [2.75, 3.05) is 14.2 Å². The molecule has 0 aliphatic heterocycles. The van der Waals surface area contributed by atoms with Crippen molar-refractivity contribution in [2.24, 2.45) is 0 Å². The van der Waals surface area contributed by atoms with Crippen LogP contribution in [-0.4, -0.2) is 25.3 Å². The SMILES string of the molecule is CCCCc1c(OC)cc(C(=O)O)cc1OC. The van der Waals surface area contributed by atoms with Crippen molar-refractivity contribution in [1.29, 1.82) is 0 Å². The van der Waals surface area contributed by atoms with Crippen molar-refractivity contribution >= 4 is 5.97 Å². The van der Waals surface area contributed by atoms with E-state index in [1.54, 1.807) is 0 Å². The van der Waals surface area contributed by atoms with E-state index in [1.165, 1.54) is 26.4 Å². The molecule has 1 rings (SSSR count). The predicted octanol–water partition coefficient (Wildman–Crippen LogP) is 2.74. The summed E-state index contributed by atoms with van der Waals surface area (Å²) in [6.07, 6.45) is 2.90. The van der Waals surface area contributed by atoms with Gasteiger partial charge < -0.3 is 14.6 Å². The number of hydrogen-bond donors (Lipinski definition) is 1. The van der Waals surface area contributed by atoms with Crippen molar-refractivity contribution in [2.45, 2.75) is 26.2 Å². The summed E-state index contributed by atoms with van der Waals surface area (Å²) in [6, 6.07) is 3.08. The van der Waals surface area contributed by atoms with Crippen molar-refractivity contribution in [3.63, 3.8) is 0 Å². The van der Waals surface area contributed by atoms with Gasteiger partial charge in [-0.15, -0.1) is 0 Å². The number of carbonyl (C=O) groups is 1. The van der Waals surface area contributed by atoms with Crippen LogP contribution in [0.25, 0.3) is 0 Å². The molecule has 17 heavy (non-hydrogen) atoms. The van der Waals surface area contributed by atoms with E-state index in [9.17, 15) is 4.79 Å². The molecule has 0 bridgehead atoms. The number of methoxy groups -OCH3 is 2. The molecule has 0 radical (unpaired) electrons. The number of benzene rings is 1. The molecule has 94 valence electrons. The lowest BCUT2D eigenvalue weighted by atomic mass is 10.0. The van der Waals surface area contributed by atoms with E-state index < -0.39 is 5.97 Å². The molecule has 0 saturated heterocycles. The first-order valence-corrected chi connectivity index (χ1v) is 5.62. The van der Waals surface area contributed by atoms with Crippen LogP contribution in [0.1, 0.15) is 35.7 Å². The van der Waals surface area contributed by atoms with E-state index >= 15 is 0 Å². The Hall–Kier alpha value is -1.71. The molecule has 0 atom stereocenters. The van der Waals surface area contributed by atoms with E-state index in [2.05, 4.69) is 6.92 Å². The Morgan fingerprint density at radius 3 is 2.12 bits per heavy atom. The summed E-state index contributed by atoms with van der Waals surface area (Å²) in [7, 11) is 3.08. The molecule has 1 aromatic carbocycles. The lowest BCUT2D eigenvalue weighted by Crippen LogP contribution is -2.03. The van der Waals surface area contributed by atoms with Gasteiger partial charge in [-0.1, -0.05) is 13.3 Å². The highest BCUT2D eigenvalue weighted by molar-refractivity contribution is 5.89. The Bertz CT molecular complexity index is 373. The highest BCUT2D eigenvalue weighted by Gasteiger charge is 2.15. The molecular weight excluding hydrogens is 220 g/mol. The third-order valence-electron chi connectivity index (χ3n) is 2.64. The first kappa shape index (κ1) is 13.4. The van der Waals surface area contributed by atoms with Crippen molar-refractivity contribution < 1.29 is 19.4 Å². The van der Waals surface area contributed by atoms with Crippen LogP contribution in [0.3, 0.4) is 0 Å². The molecule has 0 unspecified atom stereocenters. The minimum Gasteiger partial charge on any atom is -0.496 e. The van der Waals surface area contributed by atoms with Crippen molar-refractivity contribution in [3.8, 4) is 11.5 Å². The van der Waals surface area contributed by atoms with Gasteiger partial charge in [0.25, 0.3) is 0 Å².